The Morgan fingerprint density at radius 3 is 2.53 bits per heavy atom. The largest absolute Gasteiger partial charge is 0.354 e. The van der Waals surface area contributed by atoms with Crippen LogP contribution >= 0.6 is 0 Å². The van der Waals surface area contributed by atoms with Gasteiger partial charge in [-0.1, -0.05) is 0 Å². The normalized spacial score (nSPS) is 20.9. The first-order valence-electron chi connectivity index (χ1n) is 6.81. The number of nitrogens with zero attached hydrogens (tertiary/aromatic N) is 4. The molecule has 2 fully saturated rings. The van der Waals surface area contributed by atoms with Crippen molar-refractivity contribution < 1.29 is 0 Å². The Kier molecular flexibility index (Phi) is 3.50. The molecule has 19 heavy (non-hydrogen) atoms. The number of nitrogens with one attached hydrogen (secondary N) is 1. The van der Waals surface area contributed by atoms with Crippen molar-refractivity contribution in [1.29, 1.82) is 0 Å². The summed E-state index contributed by atoms with van der Waals surface area (Å²) in [5.41, 5.74) is 11.0. The Hall–Kier alpha value is -1.44. The van der Waals surface area contributed by atoms with E-state index in [9.17, 15) is 0 Å². The van der Waals surface area contributed by atoms with Gasteiger partial charge in [0.15, 0.2) is 0 Å². The second kappa shape index (κ2) is 5.28. The molecule has 1 aromatic rings. The maximum absolute atomic E-state index is 5.50. The van der Waals surface area contributed by atoms with Gasteiger partial charge in [-0.25, -0.2) is 9.97 Å². The summed E-state index contributed by atoms with van der Waals surface area (Å²) in [7, 11) is 0. The number of anilines is 2. The molecule has 1 aromatic heterocycles. The van der Waals surface area contributed by atoms with Crippen molar-refractivity contribution in [2.45, 2.75) is 25.2 Å². The molecular weight excluding hydrogens is 242 g/mol. The summed E-state index contributed by atoms with van der Waals surface area (Å²) in [6, 6.07) is 2.75. The number of hydrogen-bond donors (Lipinski definition) is 3. The minimum atomic E-state index is -0.602. The zero-order valence-electron chi connectivity index (χ0n) is 11.0. The van der Waals surface area contributed by atoms with E-state index in [-0.39, 0.29) is 0 Å². The molecule has 1 saturated carbocycles. The SMILES string of the molecule is NC(N)Nc1cc(N2CCN(C3CC3)CC2)ncn1. The summed E-state index contributed by atoms with van der Waals surface area (Å²) in [5.74, 6) is 1.61. The summed E-state index contributed by atoms with van der Waals surface area (Å²) >= 11 is 0. The van der Waals surface area contributed by atoms with Gasteiger partial charge in [-0.2, -0.15) is 0 Å². The first-order chi connectivity index (χ1) is 9.22. The molecule has 0 unspecified atom stereocenters. The number of hydrogen-bond acceptors (Lipinski definition) is 7. The third-order valence-corrected chi connectivity index (χ3v) is 3.67. The zero-order chi connectivity index (χ0) is 13.2. The van der Waals surface area contributed by atoms with E-state index in [0.717, 1.165) is 38.0 Å². The van der Waals surface area contributed by atoms with Crippen molar-refractivity contribution in [3.8, 4) is 0 Å². The number of nitrogens with two attached hydrogens (primary N) is 2. The second-order valence-corrected chi connectivity index (χ2v) is 5.19. The van der Waals surface area contributed by atoms with Gasteiger partial charge >= 0.3 is 0 Å². The second-order valence-electron chi connectivity index (χ2n) is 5.19. The lowest BCUT2D eigenvalue weighted by molar-refractivity contribution is 0.247. The van der Waals surface area contributed by atoms with Gasteiger partial charge in [-0.15, -0.1) is 0 Å². The van der Waals surface area contributed by atoms with E-state index in [0.29, 0.717) is 5.82 Å². The smallest absolute Gasteiger partial charge is 0.134 e. The maximum Gasteiger partial charge on any atom is 0.134 e. The lowest BCUT2D eigenvalue weighted by atomic mass is 10.3. The molecule has 5 N–H and O–H groups in total. The third kappa shape index (κ3) is 3.12. The maximum atomic E-state index is 5.50. The predicted molar refractivity (Wildman–Crippen MR) is 74.6 cm³/mol. The highest BCUT2D eigenvalue weighted by Gasteiger charge is 2.31. The topological polar surface area (TPSA) is 96.3 Å². The average molecular weight is 263 g/mol. The molecular formula is C12H21N7. The number of piperazine rings is 1. The van der Waals surface area contributed by atoms with E-state index in [1.54, 1.807) is 6.33 Å². The van der Waals surface area contributed by atoms with Crippen LogP contribution in [0.4, 0.5) is 11.6 Å². The molecule has 0 spiro atoms. The lowest BCUT2D eigenvalue weighted by Crippen LogP contribution is -2.47. The Bertz CT molecular complexity index is 424. The molecule has 2 heterocycles. The molecule has 3 rings (SSSR count). The molecule has 1 aliphatic carbocycles. The van der Waals surface area contributed by atoms with Crippen LogP contribution in [-0.4, -0.2) is 53.4 Å². The predicted octanol–water partition coefficient (Wildman–Crippen LogP) is -0.626. The van der Waals surface area contributed by atoms with Crippen molar-refractivity contribution in [3.05, 3.63) is 12.4 Å². The Balaban J connectivity index is 1.62. The molecule has 1 aliphatic heterocycles. The van der Waals surface area contributed by atoms with Crippen LogP contribution in [0.25, 0.3) is 0 Å². The summed E-state index contributed by atoms with van der Waals surface area (Å²) < 4.78 is 0. The van der Waals surface area contributed by atoms with Crippen LogP contribution in [0, 0.1) is 0 Å². The molecule has 0 aromatic carbocycles. The van der Waals surface area contributed by atoms with Gasteiger partial charge in [-0.05, 0) is 12.8 Å². The highest BCUT2D eigenvalue weighted by atomic mass is 15.3. The van der Waals surface area contributed by atoms with Crippen LogP contribution in [0.3, 0.4) is 0 Å². The van der Waals surface area contributed by atoms with Crippen molar-refractivity contribution in [2.75, 3.05) is 36.4 Å². The highest BCUT2D eigenvalue weighted by molar-refractivity contribution is 5.49. The van der Waals surface area contributed by atoms with Gasteiger partial charge in [0.05, 0.1) is 0 Å². The molecule has 2 aliphatic rings. The summed E-state index contributed by atoms with van der Waals surface area (Å²) in [6.07, 6.45) is 3.69. The number of aromatic nitrogens is 2. The molecule has 7 nitrogen and oxygen atoms in total. The minimum Gasteiger partial charge on any atom is -0.354 e. The van der Waals surface area contributed by atoms with Gasteiger partial charge in [0.1, 0.15) is 24.3 Å². The first kappa shape index (κ1) is 12.6. The van der Waals surface area contributed by atoms with Crippen molar-refractivity contribution in [3.63, 3.8) is 0 Å². The van der Waals surface area contributed by atoms with E-state index in [2.05, 4.69) is 25.1 Å². The minimum absolute atomic E-state index is 0.602. The average Bonchev–Trinajstić information content (AvgIpc) is 3.23. The molecule has 0 radical (unpaired) electrons. The van der Waals surface area contributed by atoms with Crippen LogP contribution in [0.5, 0.6) is 0 Å². The van der Waals surface area contributed by atoms with Gasteiger partial charge in [-0.3, -0.25) is 16.4 Å². The van der Waals surface area contributed by atoms with E-state index in [1.165, 1.54) is 12.8 Å². The number of rotatable bonds is 4. The van der Waals surface area contributed by atoms with Crippen LogP contribution in [0.1, 0.15) is 12.8 Å². The van der Waals surface area contributed by atoms with Crippen LogP contribution in [0.15, 0.2) is 12.4 Å². The first-order valence-corrected chi connectivity index (χ1v) is 6.81. The molecule has 0 atom stereocenters. The van der Waals surface area contributed by atoms with E-state index in [4.69, 9.17) is 11.5 Å². The third-order valence-electron chi connectivity index (χ3n) is 3.67. The van der Waals surface area contributed by atoms with Crippen molar-refractivity contribution >= 4 is 11.6 Å². The fraction of sp³-hybridized carbons (Fsp3) is 0.667. The van der Waals surface area contributed by atoms with Crippen LogP contribution in [0.2, 0.25) is 0 Å². The summed E-state index contributed by atoms with van der Waals surface area (Å²) in [5, 5.41) is 2.89. The Morgan fingerprint density at radius 1 is 1.16 bits per heavy atom. The molecule has 1 saturated heterocycles. The summed E-state index contributed by atoms with van der Waals surface area (Å²) in [4.78, 5) is 13.3. The highest BCUT2D eigenvalue weighted by Crippen LogP contribution is 2.28. The quantitative estimate of drug-likeness (QED) is 0.623. The Labute approximate surface area is 113 Å². The van der Waals surface area contributed by atoms with E-state index >= 15 is 0 Å². The molecule has 0 bridgehead atoms. The monoisotopic (exact) mass is 263 g/mol. The zero-order valence-corrected chi connectivity index (χ0v) is 11.0. The fourth-order valence-electron chi connectivity index (χ4n) is 2.53. The Morgan fingerprint density at radius 2 is 1.89 bits per heavy atom. The van der Waals surface area contributed by atoms with Crippen molar-refractivity contribution in [1.82, 2.24) is 14.9 Å². The molecule has 0 amide bonds. The van der Waals surface area contributed by atoms with Crippen LogP contribution < -0.4 is 21.7 Å². The van der Waals surface area contributed by atoms with Gasteiger partial charge in [0, 0.05) is 38.3 Å². The van der Waals surface area contributed by atoms with Crippen LogP contribution in [-0.2, 0) is 0 Å². The standard InChI is InChI=1S/C12H21N7/c13-12(14)17-10-7-11(16-8-15-10)19-5-3-18(4-6-19)9-1-2-9/h7-9,12H,1-6,13-14H2,(H,15,16,17). The van der Waals surface area contributed by atoms with E-state index < -0.39 is 6.29 Å². The van der Waals surface area contributed by atoms with Crippen molar-refractivity contribution in [2.24, 2.45) is 11.5 Å². The summed E-state index contributed by atoms with van der Waals surface area (Å²) in [6.45, 7) is 4.27. The fourth-order valence-corrected chi connectivity index (χ4v) is 2.53. The van der Waals surface area contributed by atoms with Gasteiger partial charge in [0.25, 0.3) is 0 Å². The van der Waals surface area contributed by atoms with E-state index in [1.807, 2.05) is 6.07 Å². The lowest BCUT2D eigenvalue weighted by Gasteiger charge is -2.35. The van der Waals surface area contributed by atoms with Gasteiger partial charge < -0.3 is 10.2 Å². The molecule has 7 heteroatoms. The molecule has 104 valence electrons. The van der Waals surface area contributed by atoms with Gasteiger partial charge in [0.2, 0.25) is 0 Å².